The average Bonchev–Trinajstić information content (AvgIpc) is 3.44. The third kappa shape index (κ3) is 3.15. The van der Waals surface area contributed by atoms with Crippen LogP contribution in [-0.4, -0.2) is 21.5 Å². The summed E-state index contributed by atoms with van der Waals surface area (Å²) in [7, 11) is 0. The van der Waals surface area contributed by atoms with E-state index in [1.807, 2.05) is 19.1 Å². The summed E-state index contributed by atoms with van der Waals surface area (Å²) in [6.45, 7) is 4.58. The van der Waals surface area contributed by atoms with Crippen molar-refractivity contribution in [2.75, 3.05) is 11.9 Å². The molecule has 3 aromatic rings. The maximum absolute atomic E-state index is 12.0. The first-order valence-electron chi connectivity index (χ1n) is 10.4. The third-order valence-electron chi connectivity index (χ3n) is 6.82. The van der Waals surface area contributed by atoms with E-state index in [-0.39, 0.29) is 5.56 Å². The van der Waals surface area contributed by atoms with Crippen LogP contribution in [0.3, 0.4) is 0 Å². The van der Waals surface area contributed by atoms with E-state index in [1.54, 1.807) is 24.2 Å². The van der Waals surface area contributed by atoms with Crippen molar-refractivity contribution in [3.05, 3.63) is 75.3 Å². The van der Waals surface area contributed by atoms with E-state index in [4.69, 9.17) is 0 Å². The van der Waals surface area contributed by atoms with Gasteiger partial charge in [0, 0.05) is 35.0 Å². The van der Waals surface area contributed by atoms with Crippen molar-refractivity contribution in [1.82, 2.24) is 15.0 Å². The summed E-state index contributed by atoms with van der Waals surface area (Å²) >= 11 is 0. The van der Waals surface area contributed by atoms with Gasteiger partial charge in [-0.15, -0.1) is 0 Å². The number of aromatic amines is 1. The number of pyridine rings is 1. The molecule has 5 heteroatoms. The highest BCUT2D eigenvalue weighted by atomic mass is 16.1. The highest BCUT2D eigenvalue weighted by Gasteiger charge is 2.55. The molecule has 0 amide bonds. The molecule has 2 aromatic heterocycles. The Hall–Kier alpha value is -2.95. The molecule has 2 unspecified atom stereocenters. The minimum absolute atomic E-state index is 0.0958. The lowest BCUT2D eigenvalue weighted by Gasteiger charge is -2.26. The molecule has 29 heavy (non-hydrogen) atoms. The summed E-state index contributed by atoms with van der Waals surface area (Å²) in [5.41, 5.74) is 5.62. The van der Waals surface area contributed by atoms with Crippen molar-refractivity contribution in [3.63, 3.8) is 0 Å². The Labute approximate surface area is 170 Å². The molecule has 1 aromatic carbocycles. The van der Waals surface area contributed by atoms with E-state index >= 15 is 0 Å². The lowest BCUT2D eigenvalue weighted by atomic mass is 9.78. The van der Waals surface area contributed by atoms with Crippen LogP contribution in [0.1, 0.15) is 41.6 Å². The van der Waals surface area contributed by atoms with Gasteiger partial charge in [-0.3, -0.25) is 4.79 Å². The fourth-order valence-corrected chi connectivity index (χ4v) is 4.89. The molecule has 2 aliphatic rings. The molecule has 2 N–H and O–H groups in total. The largest absolute Gasteiger partial charge is 0.370 e. The number of rotatable bonds is 4. The van der Waals surface area contributed by atoms with Gasteiger partial charge in [0.25, 0.3) is 5.56 Å². The summed E-state index contributed by atoms with van der Waals surface area (Å²) in [4.78, 5) is 23.8. The van der Waals surface area contributed by atoms with Crippen molar-refractivity contribution >= 4 is 5.82 Å². The zero-order chi connectivity index (χ0) is 20.0. The van der Waals surface area contributed by atoms with Crippen LogP contribution in [0.5, 0.6) is 0 Å². The van der Waals surface area contributed by atoms with Gasteiger partial charge in [0.15, 0.2) is 0 Å². The van der Waals surface area contributed by atoms with Crippen LogP contribution in [0.4, 0.5) is 5.82 Å². The predicted octanol–water partition coefficient (Wildman–Crippen LogP) is 4.15. The molecular weight excluding hydrogens is 360 g/mol. The molecular formula is C24H26N4O. The molecule has 1 spiro atoms. The van der Waals surface area contributed by atoms with Gasteiger partial charge >= 0.3 is 0 Å². The van der Waals surface area contributed by atoms with Gasteiger partial charge < -0.3 is 10.3 Å². The molecule has 5 rings (SSSR count). The van der Waals surface area contributed by atoms with Crippen LogP contribution in [0, 0.1) is 19.8 Å². The van der Waals surface area contributed by atoms with Crippen LogP contribution in [0.2, 0.25) is 0 Å². The molecule has 0 radical (unpaired) electrons. The first-order chi connectivity index (χ1) is 14.1. The number of anilines is 1. The summed E-state index contributed by atoms with van der Waals surface area (Å²) in [6.07, 6.45) is 6.85. The molecule has 0 aliphatic heterocycles. The van der Waals surface area contributed by atoms with Crippen molar-refractivity contribution in [2.24, 2.45) is 5.92 Å². The van der Waals surface area contributed by atoms with Gasteiger partial charge in [-0.2, -0.15) is 0 Å². The molecule has 0 saturated heterocycles. The maximum atomic E-state index is 12.0. The Bertz CT molecular complexity index is 1120. The second-order valence-corrected chi connectivity index (χ2v) is 8.51. The Morgan fingerprint density at radius 3 is 2.86 bits per heavy atom. The van der Waals surface area contributed by atoms with Gasteiger partial charge in [-0.05, 0) is 68.7 Å². The summed E-state index contributed by atoms with van der Waals surface area (Å²) < 4.78 is 0. The zero-order valence-corrected chi connectivity index (χ0v) is 17.0. The fraction of sp³-hybridized carbons (Fsp3) is 0.375. The smallest absolute Gasteiger partial charge is 0.254 e. The molecule has 1 fully saturated rings. The van der Waals surface area contributed by atoms with E-state index in [9.17, 15) is 4.79 Å². The lowest BCUT2D eigenvalue weighted by molar-refractivity contribution is 0.503. The van der Waals surface area contributed by atoms with Crippen molar-refractivity contribution in [2.45, 2.75) is 44.9 Å². The number of nitrogens with zero attached hydrogens (tertiary/aromatic N) is 2. The standard InChI is InChI=1S/C24H26N4O/c1-15-16(2)27-22(28-23(15)29)18-9-10-21(25-13-18)26-14-19-12-24(19)11-5-7-17-6-3-4-8-20(17)24/h3-4,6,8-10,13,19H,5,7,11-12,14H2,1-2H3,(H,25,26)(H,27,28,29). The molecule has 5 nitrogen and oxygen atoms in total. The minimum atomic E-state index is -0.0958. The van der Waals surface area contributed by atoms with Gasteiger partial charge in [0.2, 0.25) is 0 Å². The number of aryl methyl sites for hydroxylation is 2. The highest BCUT2D eigenvalue weighted by Crippen LogP contribution is 2.60. The SMILES string of the molecule is Cc1nc(-c2ccc(NCC3CC34CCCc3ccccc34)nc2)[nH]c(=O)c1C. The van der Waals surface area contributed by atoms with E-state index in [1.165, 1.54) is 25.7 Å². The van der Waals surface area contributed by atoms with Crippen LogP contribution >= 0.6 is 0 Å². The summed E-state index contributed by atoms with van der Waals surface area (Å²) in [5, 5.41) is 3.52. The second kappa shape index (κ2) is 6.83. The Kier molecular flexibility index (Phi) is 4.26. The fourth-order valence-electron chi connectivity index (χ4n) is 4.89. The highest BCUT2D eigenvalue weighted by molar-refractivity contribution is 5.56. The molecule has 1 saturated carbocycles. The topological polar surface area (TPSA) is 70.7 Å². The summed E-state index contributed by atoms with van der Waals surface area (Å²) in [5.74, 6) is 2.10. The predicted molar refractivity (Wildman–Crippen MR) is 115 cm³/mol. The Morgan fingerprint density at radius 2 is 2.07 bits per heavy atom. The van der Waals surface area contributed by atoms with Crippen molar-refractivity contribution in [1.29, 1.82) is 0 Å². The number of nitrogens with one attached hydrogen (secondary N) is 2. The maximum Gasteiger partial charge on any atom is 0.254 e. The Balaban J connectivity index is 1.27. The quantitative estimate of drug-likeness (QED) is 0.706. The molecule has 2 atom stereocenters. The average molecular weight is 386 g/mol. The van der Waals surface area contributed by atoms with E-state index < -0.39 is 0 Å². The first-order valence-corrected chi connectivity index (χ1v) is 10.4. The van der Waals surface area contributed by atoms with Gasteiger partial charge in [0.05, 0.1) is 0 Å². The van der Waals surface area contributed by atoms with Crippen LogP contribution in [-0.2, 0) is 11.8 Å². The number of hydrogen-bond donors (Lipinski definition) is 2. The molecule has 0 bridgehead atoms. The van der Waals surface area contributed by atoms with Crippen molar-refractivity contribution < 1.29 is 0 Å². The van der Waals surface area contributed by atoms with Crippen LogP contribution in [0.15, 0.2) is 47.4 Å². The Morgan fingerprint density at radius 1 is 1.21 bits per heavy atom. The van der Waals surface area contributed by atoms with Gasteiger partial charge in [-0.25, -0.2) is 9.97 Å². The monoisotopic (exact) mass is 386 g/mol. The normalized spacial score (nSPS) is 22.3. The molecule has 2 aliphatic carbocycles. The first kappa shape index (κ1) is 18.1. The molecule has 2 heterocycles. The van der Waals surface area contributed by atoms with Gasteiger partial charge in [-0.1, -0.05) is 24.3 Å². The van der Waals surface area contributed by atoms with E-state index in [0.717, 1.165) is 23.6 Å². The van der Waals surface area contributed by atoms with E-state index in [0.29, 0.717) is 22.7 Å². The third-order valence-corrected chi connectivity index (χ3v) is 6.82. The second-order valence-electron chi connectivity index (χ2n) is 8.51. The number of fused-ring (bicyclic) bond motifs is 2. The molecule has 148 valence electrons. The zero-order valence-electron chi connectivity index (χ0n) is 17.0. The summed E-state index contributed by atoms with van der Waals surface area (Å²) in [6, 6.07) is 12.9. The van der Waals surface area contributed by atoms with Crippen LogP contribution in [0.25, 0.3) is 11.4 Å². The van der Waals surface area contributed by atoms with Crippen LogP contribution < -0.4 is 10.9 Å². The minimum Gasteiger partial charge on any atom is -0.370 e. The van der Waals surface area contributed by atoms with Crippen molar-refractivity contribution in [3.8, 4) is 11.4 Å². The van der Waals surface area contributed by atoms with Gasteiger partial charge in [0.1, 0.15) is 11.6 Å². The number of hydrogen-bond acceptors (Lipinski definition) is 4. The van der Waals surface area contributed by atoms with E-state index in [2.05, 4.69) is 44.5 Å². The lowest BCUT2D eigenvalue weighted by Crippen LogP contribution is -2.21. The number of H-pyrrole nitrogens is 1. The number of benzene rings is 1. The number of aromatic nitrogens is 3.